The first kappa shape index (κ1) is 17.9. The number of rotatable bonds is 6. The molecule has 130 valence electrons. The number of hydrogen-bond acceptors (Lipinski definition) is 5. The molecule has 0 aliphatic rings. The van der Waals surface area contributed by atoms with E-state index in [4.69, 9.17) is 11.6 Å². The van der Waals surface area contributed by atoms with Crippen LogP contribution >= 0.6 is 22.9 Å². The van der Waals surface area contributed by atoms with Gasteiger partial charge in [0.25, 0.3) is 10.0 Å². The molecule has 1 N–H and O–H groups in total. The Morgan fingerprint density at radius 3 is 2.40 bits per heavy atom. The molecule has 2 aromatic carbocycles. The zero-order chi connectivity index (χ0) is 17.9. The van der Waals surface area contributed by atoms with Crippen LogP contribution in [0.15, 0.2) is 71.1 Å². The van der Waals surface area contributed by atoms with Crippen molar-refractivity contribution in [3.63, 3.8) is 0 Å². The van der Waals surface area contributed by atoms with Gasteiger partial charge in [0.1, 0.15) is 0 Å². The fourth-order valence-electron chi connectivity index (χ4n) is 2.29. The van der Waals surface area contributed by atoms with Gasteiger partial charge in [-0.2, -0.15) is 0 Å². The molecule has 25 heavy (non-hydrogen) atoms. The first-order valence-electron chi connectivity index (χ1n) is 7.39. The lowest BCUT2D eigenvalue weighted by molar-refractivity contribution is 0.187. The number of halogens is 1. The minimum atomic E-state index is -3.84. The van der Waals surface area contributed by atoms with Gasteiger partial charge in [-0.15, -0.1) is 11.3 Å². The molecule has 0 bridgehead atoms. The van der Waals surface area contributed by atoms with Crippen molar-refractivity contribution in [2.45, 2.75) is 11.0 Å². The highest BCUT2D eigenvalue weighted by atomic mass is 35.5. The number of benzene rings is 2. The van der Waals surface area contributed by atoms with Crippen LogP contribution in [0.3, 0.4) is 0 Å². The Labute approximate surface area is 155 Å². The van der Waals surface area contributed by atoms with Gasteiger partial charge in [0.05, 0.1) is 17.5 Å². The monoisotopic (exact) mass is 394 g/mol. The molecule has 3 aromatic rings. The Bertz CT molecular complexity index is 914. The minimum absolute atomic E-state index is 0.146. The highest BCUT2D eigenvalue weighted by Gasteiger charge is 2.29. The number of hydrogen-bond donors (Lipinski definition) is 1. The number of aromatic nitrogens is 1. The van der Waals surface area contributed by atoms with Gasteiger partial charge < -0.3 is 5.11 Å². The van der Waals surface area contributed by atoms with Crippen LogP contribution in [0.2, 0.25) is 5.02 Å². The summed E-state index contributed by atoms with van der Waals surface area (Å²) in [5.74, 6) is 0. The van der Waals surface area contributed by atoms with Crippen LogP contribution in [0.1, 0.15) is 11.7 Å². The highest BCUT2D eigenvalue weighted by molar-refractivity contribution is 7.93. The smallest absolute Gasteiger partial charge is 0.266 e. The van der Waals surface area contributed by atoms with Crippen LogP contribution in [0.5, 0.6) is 0 Å². The lowest BCUT2D eigenvalue weighted by Crippen LogP contribution is -2.34. The van der Waals surface area contributed by atoms with Crippen LogP contribution in [0.4, 0.5) is 5.13 Å². The van der Waals surface area contributed by atoms with Crippen molar-refractivity contribution in [2.24, 2.45) is 0 Å². The summed E-state index contributed by atoms with van der Waals surface area (Å²) in [6, 6.07) is 14.7. The number of nitrogens with zero attached hydrogens (tertiary/aromatic N) is 2. The zero-order valence-electron chi connectivity index (χ0n) is 13.0. The van der Waals surface area contributed by atoms with Crippen LogP contribution in [-0.4, -0.2) is 25.1 Å². The average Bonchev–Trinajstić information content (AvgIpc) is 3.15. The van der Waals surface area contributed by atoms with Crippen molar-refractivity contribution in [3.05, 3.63) is 76.8 Å². The summed E-state index contributed by atoms with van der Waals surface area (Å²) in [6.45, 7) is -0.146. The van der Waals surface area contributed by atoms with Gasteiger partial charge >= 0.3 is 0 Å². The predicted molar refractivity (Wildman–Crippen MR) is 99.5 cm³/mol. The first-order valence-corrected chi connectivity index (χ1v) is 10.1. The standard InChI is InChI=1S/C17H15ClN2O3S2/c18-14-8-6-13(7-9-14)16(21)12-20(17-19-10-11-24-17)25(22,23)15-4-2-1-3-5-15/h1-11,16,21H,12H2. The molecule has 1 heterocycles. The molecule has 5 nitrogen and oxygen atoms in total. The molecule has 0 saturated heterocycles. The maximum absolute atomic E-state index is 13.0. The molecule has 8 heteroatoms. The molecule has 0 amide bonds. The predicted octanol–water partition coefficient (Wildman–Crippen LogP) is 3.73. The average molecular weight is 395 g/mol. The van der Waals surface area contributed by atoms with Gasteiger partial charge in [-0.05, 0) is 29.8 Å². The van der Waals surface area contributed by atoms with Crippen LogP contribution < -0.4 is 4.31 Å². The van der Waals surface area contributed by atoms with Crippen molar-refractivity contribution in [2.75, 3.05) is 10.8 Å². The second-order valence-corrected chi connectivity index (χ2v) is 8.40. The lowest BCUT2D eigenvalue weighted by atomic mass is 10.1. The molecule has 0 fully saturated rings. The number of sulfonamides is 1. The fraction of sp³-hybridized carbons (Fsp3) is 0.118. The number of thiazole rings is 1. The van der Waals surface area contributed by atoms with Crippen LogP contribution in [-0.2, 0) is 10.0 Å². The quantitative estimate of drug-likeness (QED) is 0.691. The topological polar surface area (TPSA) is 70.5 Å². The van der Waals surface area contributed by atoms with E-state index >= 15 is 0 Å². The summed E-state index contributed by atoms with van der Waals surface area (Å²) < 4.78 is 27.2. The van der Waals surface area contributed by atoms with Crippen molar-refractivity contribution < 1.29 is 13.5 Å². The summed E-state index contributed by atoms with van der Waals surface area (Å²) in [5.41, 5.74) is 0.578. The van der Waals surface area contributed by atoms with Crippen molar-refractivity contribution in [3.8, 4) is 0 Å². The van der Waals surface area contributed by atoms with E-state index in [1.807, 2.05) is 0 Å². The first-order chi connectivity index (χ1) is 12.0. The van der Waals surface area contributed by atoms with E-state index in [0.717, 1.165) is 4.31 Å². The van der Waals surface area contributed by atoms with Crippen LogP contribution in [0.25, 0.3) is 0 Å². The third-order valence-corrected chi connectivity index (χ3v) is 6.49. The summed E-state index contributed by atoms with van der Waals surface area (Å²) >= 11 is 7.06. The molecule has 3 rings (SSSR count). The van der Waals surface area contributed by atoms with E-state index in [0.29, 0.717) is 15.7 Å². The van der Waals surface area contributed by atoms with Crippen LogP contribution in [0, 0.1) is 0 Å². The SMILES string of the molecule is O=S(=O)(c1ccccc1)N(CC(O)c1ccc(Cl)cc1)c1nccs1. The zero-order valence-corrected chi connectivity index (χ0v) is 15.4. The van der Waals surface area contributed by atoms with E-state index in [1.165, 1.54) is 29.7 Å². The minimum Gasteiger partial charge on any atom is -0.387 e. The normalized spacial score (nSPS) is 12.7. The van der Waals surface area contributed by atoms with Gasteiger partial charge in [0, 0.05) is 16.6 Å². The fourth-order valence-corrected chi connectivity index (χ4v) is 4.74. The molecule has 0 spiro atoms. The lowest BCUT2D eigenvalue weighted by Gasteiger charge is -2.24. The van der Waals surface area contributed by atoms with Crippen molar-refractivity contribution in [1.29, 1.82) is 0 Å². The Balaban J connectivity index is 1.95. The van der Waals surface area contributed by atoms with Gasteiger partial charge in [0.2, 0.25) is 0 Å². The maximum Gasteiger partial charge on any atom is 0.266 e. The van der Waals surface area contributed by atoms with Crippen molar-refractivity contribution >= 4 is 38.1 Å². The molecular weight excluding hydrogens is 380 g/mol. The largest absolute Gasteiger partial charge is 0.387 e. The Morgan fingerprint density at radius 2 is 1.80 bits per heavy atom. The summed E-state index contributed by atoms with van der Waals surface area (Å²) in [4.78, 5) is 4.25. The van der Waals surface area contributed by atoms with E-state index in [9.17, 15) is 13.5 Å². The molecule has 0 aliphatic heterocycles. The molecule has 1 unspecified atom stereocenters. The summed E-state index contributed by atoms with van der Waals surface area (Å²) in [6.07, 6.45) is 0.516. The van der Waals surface area contributed by atoms with Gasteiger partial charge in [-0.1, -0.05) is 41.9 Å². The Kier molecular flexibility index (Phi) is 5.39. The maximum atomic E-state index is 13.0. The molecule has 1 aromatic heterocycles. The number of aliphatic hydroxyl groups is 1. The molecule has 0 radical (unpaired) electrons. The summed E-state index contributed by atoms with van der Waals surface area (Å²) in [5, 5.41) is 13.1. The molecule has 1 atom stereocenters. The summed E-state index contributed by atoms with van der Waals surface area (Å²) in [7, 11) is -3.84. The third-order valence-electron chi connectivity index (χ3n) is 3.56. The number of aliphatic hydroxyl groups excluding tert-OH is 1. The number of anilines is 1. The van der Waals surface area contributed by atoms with Gasteiger partial charge in [-0.3, -0.25) is 0 Å². The van der Waals surface area contributed by atoms with Crippen molar-refractivity contribution in [1.82, 2.24) is 4.98 Å². The molecule has 0 saturated carbocycles. The van der Waals surface area contributed by atoms with E-state index in [2.05, 4.69) is 4.98 Å². The Hall–Kier alpha value is -1.93. The van der Waals surface area contributed by atoms with E-state index < -0.39 is 16.1 Å². The second-order valence-electron chi connectivity index (χ2n) is 5.23. The van der Waals surface area contributed by atoms with Gasteiger partial charge in [0.15, 0.2) is 5.13 Å². The molecular formula is C17H15ClN2O3S2. The van der Waals surface area contributed by atoms with E-state index in [1.54, 1.807) is 47.8 Å². The van der Waals surface area contributed by atoms with E-state index in [-0.39, 0.29) is 11.4 Å². The third kappa shape index (κ3) is 4.01. The van der Waals surface area contributed by atoms with Gasteiger partial charge in [-0.25, -0.2) is 17.7 Å². The second kappa shape index (κ2) is 7.53. The Morgan fingerprint density at radius 1 is 1.12 bits per heavy atom. The molecule has 0 aliphatic carbocycles. The highest BCUT2D eigenvalue weighted by Crippen LogP contribution is 2.28.